The van der Waals surface area contributed by atoms with Gasteiger partial charge in [-0.1, -0.05) is 6.92 Å². The summed E-state index contributed by atoms with van der Waals surface area (Å²) >= 11 is 0. The summed E-state index contributed by atoms with van der Waals surface area (Å²) in [5.41, 5.74) is -0.991. The van der Waals surface area contributed by atoms with E-state index in [9.17, 15) is 5.11 Å². The average molecular weight is 139 g/mol. The highest BCUT2D eigenvalue weighted by atomic mass is 16.3. The molecule has 0 spiro atoms. The minimum Gasteiger partial charge on any atom is -0.375 e. The van der Waals surface area contributed by atoms with Crippen LogP contribution in [0.5, 0.6) is 0 Å². The van der Waals surface area contributed by atoms with Crippen molar-refractivity contribution in [1.29, 1.82) is 5.26 Å². The molecule has 2 atom stereocenters. The highest BCUT2D eigenvalue weighted by Crippen LogP contribution is 2.36. The van der Waals surface area contributed by atoms with E-state index in [0.717, 1.165) is 19.3 Å². The van der Waals surface area contributed by atoms with Crippen LogP contribution in [-0.2, 0) is 0 Å². The minimum atomic E-state index is -0.991. The van der Waals surface area contributed by atoms with Gasteiger partial charge < -0.3 is 5.11 Å². The van der Waals surface area contributed by atoms with Crippen molar-refractivity contribution in [2.24, 2.45) is 5.92 Å². The summed E-state index contributed by atoms with van der Waals surface area (Å²) in [5.74, 6) is 0.220. The van der Waals surface area contributed by atoms with Crippen molar-refractivity contribution in [2.75, 3.05) is 0 Å². The molecule has 0 amide bonds. The predicted octanol–water partition coefficient (Wildman–Crippen LogP) is 1.45. The molecule has 0 aromatic rings. The largest absolute Gasteiger partial charge is 0.375 e. The van der Waals surface area contributed by atoms with Crippen LogP contribution >= 0.6 is 0 Å². The topological polar surface area (TPSA) is 44.0 Å². The number of nitrogens with zero attached hydrogens (tertiary/aromatic N) is 1. The van der Waals surface area contributed by atoms with E-state index in [1.165, 1.54) is 0 Å². The Labute approximate surface area is 61.5 Å². The van der Waals surface area contributed by atoms with Gasteiger partial charge in [0.1, 0.15) is 0 Å². The second-order valence-electron chi connectivity index (χ2n) is 3.03. The van der Waals surface area contributed by atoms with Crippen LogP contribution in [0.25, 0.3) is 0 Å². The van der Waals surface area contributed by atoms with Gasteiger partial charge in [0.2, 0.25) is 0 Å². The standard InChI is InChI=1S/C8H13NO/c1-2-7-4-3-5-8(7,10)6-9/h7,10H,2-5H2,1H3. The number of hydrogen-bond acceptors (Lipinski definition) is 2. The molecule has 56 valence electrons. The van der Waals surface area contributed by atoms with E-state index in [4.69, 9.17) is 5.26 Å². The van der Waals surface area contributed by atoms with Gasteiger partial charge in [0.15, 0.2) is 5.60 Å². The van der Waals surface area contributed by atoms with Gasteiger partial charge in [-0.05, 0) is 25.7 Å². The first-order valence-electron chi connectivity index (χ1n) is 3.86. The van der Waals surface area contributed by atoms with Crippen molar-refractivity contribution in [1.82, 2.24) is 0 Å². The second kappa shape index (κ2) is 2.59. The Kier molecular flexibility index (Phi) is 1.96. The smallest absolute Gasteiger partial charge is 0.153 e. The van der Waals surface area contributed by atoms with Crippen LogP contribution in [0.4, 0.5) is 0 Å². The number of rotatable bonds is 1. The van der Waals surface area contributed by atoms with Crippen molar-refractivity contribution in [3.05, 3.63) is 0 Å². The van der Waals surface area contributed by atoms with Gasteiger partial charge in [-0.2, -0.15) is 5.26 Å². The van der Waals surface area contributed by atoms with Crippen molar-refractivity contribution >= 4 is 0 Å². The third kappa shape index (κ3) is 1.02. The molecule has 0 aromatic heterocycles. The number of aliphatic hydroxyl groups is 1. The molecule has 1 N–H and O–H groups in total. The molecule has 1 saturated carbocycles. The van der Waals surface area contributed by atoms with Gasteiger partial charge in [0.05, 0.1) is 6.07 Å². The van der Waals surface area contributed by atoms with Crippen LogP contribution in [0.15, 0.2) is 0 Å². The van der Waals surface area contributed by atoms with Crippen LogP contribution in [0.1, 0.15) is 32.6 Å². The summed E-state index contributed by atoms with van der Waals surface area (Å²) in [6.45, 7) is 2.03. The summed E-state index contributed by atoms with van der Waals surface area (Å²) < 4.78 is 0. The van der Waals surface area contributed by atoms with E-state index in [2.05, 4.69) is 0 Å². The van der Waals surface area contributed by atoms with E-state index >= 15 is 0 Å². The summed E-state index contributed by atoms with van der Waals surface area (Å²) in [7, 11) is 0. The zero-order valence-corrected chi connectivity index (χ0v) is 6.30. The molecule has 0 aliphatic heterocycles. The summed E-state index contributed by atoms with van der Waals surface area (Å²) in [4.78, 5) is 0. The third-order valence-corrected chi connectivity index (χ3v) is 2.47. The molecular formula is C8H13NO. The fourth-order valence-corrected chi connectivity index (χ4v) is 1.75. The average Bonchev–Trinajstić information content (AvgIpc) is 2.32. The third-order valence-electron chi connectivity index (χ3n) is 2.47. The maximum atomic E-state index is 9.60. The molecule has 0 saturated heterocycles. The molecule has 2 unspecified atom stereocenters. The Balaban J connectivity index is 2.68. The highest BCUT2D eigenvalue weighted by molar-refractivity contribution is 5.07. The molecule has 0 radical (unpaired) electrons. The number of hydrogen-bond donors (Lipinski definition) is 1. The molecule has 1 aliphatic carbocycles. The summed E-state index contributed by atoms with van der Waals surface area (Å²) in [5, 5.41) is 18.2. The predicted molar refractivity (Wildman–Crippen MR) is 38.2 cm³/mol. The van der Waals surface area contributed by atoms with E-state index in [-0.39, 0.29) is 5.92 Å². The maximum absolute atomic E-state index is 9.60. The first-order valence-corrected chi connectivity index (χ1v) is 3.86. The SMILES string of the molecule is CCC1CCCC1(O)C#N. The Hall–Kier alpha value is -0.550. The Bertz CT molecular complexity index is 161. The first kappa shape index (κ1) is 7.56. The van der Waals surface area contributed by atoms with Gasteiger partial charge in [-0.3, -0.25) is 0 Å². The second-order valence-corrected chi connectivity index (χ2v) is 3.03. The first-order chi connectivity index (χ1) is 4.73. The molecule has 2 heteroatoms. The summed E-state index contributed by atoms with van der Waals surface area (Å²) in [6.07, 6.45) is 3.61. The fourth-order valence-electron chi connectivity index (χ4n) is 1.75. The van der Waals surface area contributed by atoms with Crippen molar-refractivity contribution in [2.45, 2.75) is 38.2 Å². The lowest BCUT2D eigenvalue weighted by atomic mass is 9.90. The molecule has 1 rings (SSSR count). The zero-order valence-electron chi connectivity index (χ0n) is 6.30. The maximum Gasteiger partial charge on any atom is 0.153 e. The monoisotopic (exact) mass is 139 g/mol. The lowest BCUT2D eigenvalue weighted by Gasteiger charge is -2.20. The molecule has 2 nitrogen and oxygen atoms in total. The highest BCUT2D eigenvalue weighted by Gasteiger charge is 2.39. The quantitative estimate of drug-likeness (QED) is 0.559. The Morgan fingerprint density at radius 3 is 2.90 bits per heavy atom. The van der Waals surface area contributed by atoms with Crippen LogP contribution in [0, 0.1) is 17.2 Å². The molecule has 0 heterocycles. The van der Waals surface area contributed by atoms with Gasteiger partial charge in [0.25, 0.3) is 0 Å². The van der Waals surface area contributed by atoms with Crippen LogP contribution < -0.4 is 0 Å². The molecule has 1 fully saturated rings. The minimum absolute atomic E-state index is 0.220. The number of nitriles is 1. The molecule has 10 heavy (non-hydrogen) atoms. The Morgan fingerprint density at radius 1 is 1.80 bits per heavy atom. The van der Waals surface area contributed by atoms with Crippen molar-refractivity contribution in [3.8, 4) is 6.07 Å². The van der Waals surface area contributed by atoms with Gasteiger partial charge >= 0.3 is 0 Å². The zero-order chi connectivity index (χ0) is 7.61. The van der Waals surface area contributed by atoms with Gasteiger partial charge in [-0.15, -0.1) is 0 Å². The van der Waals surface area contributed by atoms with E-state index in [0.29, 0.717) is 6.42 Å². The molecule has 1 aliphatic rings. The van der Waals surface area contributed by atoms with Gasteiger partial charge in [-0.25, -0.2) is 0 Å². The molecule has 0 aromatic carbocycles. The van der Waals surface area contributed by atoms with E-state index in [1.807, 2.05) is 13.0 Å². The normalized spacial score (nSPS) is 39.5. The molecular weight excluding hydrogens is 126 g/mol. The van der Waals surface area contributed by atoms with Crippen LogP contribution in [-0.4, -0.2) is 10.7 Å². The fraction of sp³-hybridized carbons (Fsp3) is 0.875. The van der Waals surface area contributed by atoms with Crippen molar-refractivity contribution < 1.29 is 5.11 Å². The van der Waals surface area contributed by atoms with E-state index in [1.54, 1.807) is 0 Å². The van der Waals surface area contributed by atoms with Gasteiger partial charge in [0, 0.05) is 5.92 Å². The van der Waals surface area contributed by atoms with Crippen molar-refractivity contribution in [3.63, 3.8) is 0 Å². The van der Waals surface area contributed by atoms with E-state index < -0.39 is 5.60 Å². The Morgan fingerprint density at radius 2 is 2.50 bits per heavy atom. The lowest BCUT2D eigenvalue weighted by molar-refractivity contribution is 0.0572. The molecule has 0 bridgehead atoms. The summed E-state index contributed by atoms with van der Waals surface area (Å²) in [6, 6.07) is 2.00. The lowest BCUT2D eigenvalue weighted by Crippen LogP contribution is -2.30. The van der Waals surface area contributed by atoms with Crippen LogP contribution in [0.3, 0.4) is 0 Å². The van der Waals surface area contributed by atoms with Crippen LogP contribution in [0.2, 0.25) is 0 Å².